The Morgan fingerprint density at radius 2 is 1.65 bits per heavy atom. The summed E-state index contributed by atoms with van der Waals surface area (Å²) in [5, 5.41) is 11.0. The van der Waals surface area contributed by atoms with Gasteiger partial charge in [0, 0.05) is 23.1 Å². The maximum Gasteiger partial charge on any atom is 0.312 e. The van der Waals surface area contributed by atoms with Crippen LogP contribution in [0.5, 0.6) is 28.7 Å². The van der Waals surface area contributed by atoms with E-state index in [1.165, 1.54) is 39.9 Å². The summed E-state index contributed by atoms with van der Waals surface area (Å²) in [7, 11) is 4.46. The third-order valence-electron chi connectivity index (χ3n) is 7.05. The summed E-state index contributed by atoms with van der Waals surface area (Å²) in [6, 6.07) is 10.9. The molecule has 0 amide bonds. The van der Waals surface area contributed by atoms with Crippen LogP contribution in [0.25, 0.3) is 33.1 Å². The lowest BCUT2D eigenvalue weighted by molar-refractivity contribution is -0.135. The second-order valence-corrected chi connectivity index (χ2v) is 9.17. The molecule has 1 N–H and O–H groups in total. The number of benzene rings is 3. The van der Waals surface area contributed by atoms with Gasteiger partial charge >= 0.3 is 5.97 Å². The molecule has 1 aliphatic rings. The van der Waals surface area contributed by atoms with Gasteiger partial charge in [-0.05, 0) is 35.9 Å². The van der Waals surface area contributed by atoms with Crippen molar-refractivity contribution in [2.45, 2.75) is 12.3 Å². The van der Waals surface area contributed by atoms with E-state index in [0.29, 0.717) is 28.4 Å². The Hall–Kier alpha value is -5.25. The fourth-order valence-electron chi connectivity index (χ4n) is 5.09. The van der Waals surface area contributed by atoms with Crippen LogP contribution in [0.3, 0.4) is 0 Å². The van der Waals surface area contributed by atoms with Crippen molar-refractivity contribution >= 4 is 27.9 Å². The van der Waals surface area contributed by atoms with Gasteiger partial charge in [0.25, 0.3) is 0 Å². The average Bonchev–Trinajstić information content (AvgIpc) is 2.96. The third kappa shape index (κ3) is 3.84. The van der Waals surface area contributed by atoms with Crippen molar-refractivity contribution in [2.75, 3.05) is 21.3 Å². The molecular weight excluding hydrogens is 520 g/mol. The van der Waals surface area contributed by atoms with Gasteiger partial charge in [0.15, 0.2) is 16.9 Å². The number of ether oxygens (including phenoxy) is 4. The van der Waals surface area contributed by atoms with Crippen LogP contribution < -0.4 is 29.8 Å². The van der Waals surface area contributed by atoms with Crippen molar-refractivity contribution in [3.05, 3.63) is 86.6 Å². The fourth-order valence-corrected chi connectivity index (χ4v) is 5.09. The summed E-state index contributed by atoms with van der Waals surface area (Å²) in [5.41, 5.74) is 0.496. The molecule has 0 aliphatic carbocycles. The van der Waals surface area contributed by atoms with E-state index < -0.39 is 23.1 Å². The first-order valence-electron chi connectivity index (χ1n) is 12.2. The van der Waals surface area contributed by atoms with Gasteiger partial charge in [0.1, 0.15) is 40.1 Å². The summed E-state index contributed by atoms with van der Waals surface area (Å²) in [5.74, 6) is -0.603. The maximum absolute atomic E-state index is 13.7. The summed E-state index contributed by atoms with van der Waals surface area (Å²) in [4.78, 5) is 39.9. The molecule has 2 aromatic heterocycles. The van der Waals surface area contributed by atoms with E-state index in [2.05, 4.69) is 0 Å². The second-order valence-electron chi connectivity index (χ2n) is 9.17. The maximum atomic E-state index is 13.7. The van der Waals surface area contributed by atoms with E-state index in [1.807, 2.05) is 0 Å². The lowest BCUT2D eigenvalue weighted by Gasteiger charge is -2.25. The predicted octanol–water partition coefficient (Wildman–Crippen LogP) is 4.74. The van der Waals surface area contributed by atoms with E-state index in [-0.39, 0.29) is 50.6 Å². The molecule has 5 aromatic rings. The molecule has 0 radical (unpaired) electrons. The van der Waals surface area contributed by atoms with Crippen LogP contribution in [0, 0.1) is 0 Å². The highest BCUT2D eigenvalue weighted by molar-refractivity contribution is 5.94. The molecule has 6 rings (SSSR count). The topological polar surface area (TPSA) is 135 Å². The Bertz CT molecular complexity index is 1950. The minimum absolute atomic E-state index is 0.00753. The molecule has 202 valence electrons. The van der Waals surface area contributed by atoms with Crippen molar-refractivity contribution in [1.82, 2.24) is 0 Å². The number of rotatable bonds is 5. The quantitative estimate of drug-likeness (QED) is 0.245. The van der Waals surface area contributed by atoms with Gasteiger partial charge in [-0.25, -0.2) is 0 Å². The Labute approximate surface area is 225 Å². The predicted molar refractivity (Wildman–Crippen MR) is 144 cm³/mol. The molecule has 1 aliphatic heterocycles. The lowest BCUT2D eigenvalue weighted by atomic mass is 9.85. The Kier molecular flexibility index (Phi) is 5.95. The standard InChI is InChI=1S/C30H22O10/c1-35-15-5-7-21-17(9-15)28(33)19(13-38-21)16-10-25(32)40-24-11-20(31)27-29(34)18(12-39-30(27)26(16)24)14-4-6-22(36-2)23(8-14)37-3/h4-9,11-13,16,31H,10H2,1-3H3. The molecular formula is C30H22O10. The van der Waals surface area contributed by atoms with Crippen LogP contribution in [0.1, 0.15) is 23.5 Å². The first-order chi connectivity index (χ1) is 19.3. The van der Waals surface area contributed by atoms with Crippen LogP contribution in [0.4, 0.5) is 0 Å². The molecule has 10 nitrogen and oxygen atoms in total. The summed E-state index contributed by atoms with van der Waals surface area (Å²) in [6.45, 7) is 0. The van der Waals surface area contributed by atoms with E-state index in [0.717, 1.165) is 0 Å². The van der Waals surface area contributed by atoms with Crippen LogP contribution in [-0.4, -0.2) is 32.4 Å². The molecule has 0 bridgehead atoms. The third-order valence-corrected chi connectivity index (χ3v) is 7.05. The highest BCUT2D eigenvalue weighted by atomic mass is 16.5. The Morgan fingerprint density at radius 1 is 0.850 bits per heavy atom. The van der Waals surface area contributed by atoms with E-state index >= 15 is 0 Å². The number of hydrogen-bond donors (Lipinski definition) is 1. The largest absolute Gasteiger partial charge is 0.507 e. The number of methoxy groups -OCH3 is 3. The SMILES string of the molecule is COc1ccc2occ(C3CC(=O)Oc4cc(O)c5c(=O)c(-c6ccc(OC)c(OC)c6)coc5c43)c(=O)c2c1. The van der Waals surface area contributed by atoms with Gasteiger partial charge in [-0.1, -0.05) is 6.07 Å². The van der Waals surface area contributed by atoms with Crippen molar-refractivity contribution in [2.24, 2.45) is 0 Å². The first kappa shape index (κ1) is 25.1. The van der Waals surface area contributed by atoms with Crippen molar-refractivity contribution < 1.29 is 37.7 Å². The smallest absolute Gasteiger partial charge is 0.312 e. The molecule has 1 unspecified atom stereocenters. The Morgan fingerprint density at radius 3 is 2.40 bits per heavy atom. The van der Waals surface area contributed by atoms with E-state index in [4.69, 9.17) is 27.8 Å². The van der Waals surface area contributed by atoms with Gasteiger partial charge < -0.3 is 32.9 Å². The van der Waals surface area contributed by atoms with Crippen molar-refractivity contribution in [3.8, 4) is 39.9 Å². The number of esters is 1. The average molecular weight is 542 g/mol. The number of hydrogen-bond acceptors (Lipinski definition) is 10. The zero-order valence-corrected chi connectivity index (χ0v) is 21.6. The normalized spacial score (nSPS) is 14.6. The van der Waals surface area contributed by atoms with Gasteiger partial charge in [-0.2, -0.15) is 0 Å². The minimum Gasteiger partial charge on any atom is -0.507 e. The lowest BCUT2D eigenvalue weighted by Crippen LogP contribution is -2.25. The Balaban J connectivity index is 1.58. The van der Waals surface area contributed by atoms with E-state index in [9.17, 15) is 19.5 Å². The second kappa shape index (κ2) is 9.49. The van der Waals surface area contributed by atoms with Crippen LogP contribution in [-0.2, 0) is 4.79 Å². The van der Waals surface area contributed by atoms with Gasteiger partial charge in [0.2, 0.25) is 5.43 Å². The summed E-state index contributed by atoms with van der Waals surface area (Å²) >= 11 is 0. The summed E-state index contributed by atoms with van der Waals surface area (Å²) < 4.78 is 33.0. The van der Waals surface area contributed by atoms with E-state index in [1.54, 1.807) is 36.4 Å². The highest BCUT2D eigenvalue weighted by Crippen LogP contribution is 2.45. The molecule has 1 atom stereocenters. The number of carbonyl (C=O) groups is 1. The van der Waals surface area contributed by atoms with Gasteiger partial charge in [0.05, 0.1) is 45.0 Å². The van der Waals surface area contributed by atoms with Crippen LogP contribution in [0.15, 0.2) is 73.4 Å². The molecule has 0 fully saturated rings. The van der Waals surface area contributed by atoms with Crippen molar-refractivity contribution in [3.63, 3.8) is 0 Å². The monoisotopic (exact) mass is 542 g/mol. The zero-order valence-electron chi connectivity index (χ0n) is 21.6. The number of phenols is 1. The number of fused-ring (bicyclic) bond motifs is 4. The molecule has 40 heavy (non-hydrogen) atoms. The highest BCUT2D eigenvalue weighted by Gasteiger charge is 2.35. The molecule has 3 aromatic carbocycles. The fraction of sp³-hybridized carbons (Fsp3) is 0.167. The van der Waals surface area contributed by atoms with Gasteiger partial charge in [-0.15, -0.1) is 0 Å². The number of aromatic hydroxyl groups is 1. The van der Waals surface area contributed by atoms with Gasteiger partial charge in [-0.3, -0.25) is 14.4 Å². The first-order valence-corrected chi connectivity index (χ1v) is 12.2. The molecule has 3 heterocycles. The summed E-state index contributed by atoms with van der Waals surface area (Å²) in [6.07, 6.45) is 2.33. The molecule has 0 spiro atoms. The number of carbonyl (C=O) groups excluding carboxylic acids is 1. The minimum atomic E-state index is -0.874. The van der Waals surface area contributed by atoms with Crippen molar-refractivity contribution in [1.29, 1.82) is 0 Å². The van der Waals surface area contributed by atoms with Crippen LogP contribution >= 0.6 is 0 Å². The molecule has 10 heteroatoms. The van der Waals surface area contributed by atoms with Crippen LogP contribution in [0.2, 0.25) is 0 Å². The zero-order chi connectivity index (χ0) is 28.1. The molecule has 0 saturated carbocycles. The molecule has 0 saturated heterocycles. The number of phenolic OH excluding ortho intramolecular Hbond substituents is 1.